The molecule has 3 aromatic rings. The van der Waals surface area contributed by atoms with Crippen LogP contribution in [-0.4, -0.2) is 28.2 Å². The maximum absolute atomic E-state index is 13.0. The number of hydrogen-bond acceptors (Lipinski definition) is 5. The molecule has 2 aromatic carbocycles. The lowest BCUT2D eigenvalue weighted by molar-refractivity contribution is -0.119. The molecule has 0 saturated heterocycles. The maximum atomic E-state index is 13.0. The van der Waals surface area contributed by atoms with Crippen molar-refractivity contribution in [2.45, 2.75) is 39.7 Å². The first kappa shape index (κ1) is 23.7. The Hall–Kier alpha value is -2.97. The van der Waals surface area contributed by atoms with E-state index in [1.54, 1.807) is 12.1 Å². The Bertz CT molecular complexity index is 1090. The Labute approximate surface area is 196 Å². The van der Waals surface area contributed by atoms with E-state index in [9.17, 15) is 9.59 Å². The van der Waals surface area contributed by atoms with E-state index in [1.807, 2.05) is 57.2 Å². The molecule has 9 heteroatoms. The maximum Gasteiger partial charge on any atom is 0.319 e. The van der Waals surface area contributed by atoms with Gasteiger partial charge in [0.25, 0.3) is 0 Å². The molecular weight excluding hydrogens is 446 g/mol. The summed E-state index contributed by atoms with van der Waals surface area (Å²) in [4.78, 5) is 25.5. The fraction of sp³-hybridized carbons (Fsp3) is 0.304. The third-order valence-corrected chi connectivity index (χ3v) is 6.22. The number of carbonyl (C=O) groups excluding carboxylic acids is 2. The average molecular weight is 472 g/mol. The van der Waals surface area contributed by atoms with Gasteiger partial charge in [0, 0.05) is 16.3 Å². The van der Waals surface area contributed by atoms with E-state index in [2.05, 4.69) is 26.1 Å². The van der Waals surface area contributed by atoms with Crippen LogP contribution in [-0.2, 0) is 11.2 Å². The van der Waals surface area contributed by atoms with Gasteiger partial charge in [0.2, 0.25) is 11.0 Å². The molecular formula is C23H26ClN5O2S. The van der Waals surface area contributed by atoms with Gasteiger partial charge in [-0.1, -0.05) is 74.4 Å². The van der Waals surface area contributed by atoms with E-state index in [0.29, 0.717) is 27.3 Å². The van der Waals surface area contributed by atoms with E-state index in [4.69, 9.17) is 11.6 Å². The second-order valence-corrected chi connectivity index (χ2v) is 8.84. The first-order chi connectivity index (χ1) is 15.4. The van der Waals surface area contributed by atoms with Crippen LogP contribution in [0.1, 0.15) is 32.8 Å². The number of rotatable bonds is 8. The molecule has 0 aliphatic heterocycles. The topological polar surface area (TPSA) is 96.0 Å². The highest BCUT2D eigenvalue weighted by Gasteiger charge is 2.27. The number of aromatic nitrogens is 2. The van der Waals surface area contributed by atoms with Crippen molar-refractivity contribution in [3.63, 3.8) is 0 Å². The first-order valence-electron chi connectivity index (χ1n) is 10.5. The number of amides is 3. The van der Waals surface area contributed by atoms with Crippen molar-refractivity contribution in [3.8, 4) is 10.6 Å². The largest absolute Gasteiger partial charge is 0.326 e. The van der Waals surface area contributed by atoms with Gasteiger partial charge in [-0.25, -0.2) is 4.79 Å². The summed E-state index contributed by atoms with van der Waals surface area (Å²) in [5, 5.41) is 18.2. The van der Waals surface area contributed by atoms with Crippen LogP contribution >= 0.6 is 22.9 Å². The molecule has 2 atom stereocenters. The molecule has 0 aliphatic rings. The summed E-state index contributed by atoms with van der Waals surface area (Å²) >= 11 is 7.29. The smallest absolute Gasteiger partial charge is 0.319 e. The van der Waals surface area contributed by atoms with Gasteiger partial charge in [-0.05, 0) is 42.2 Å². The van der Waals surface area contributed by atoms with Crippen molar-refractivity contribution in [2.24, 2.45) is 5.92 Å². The van der Waals surface area contributed by atoms with Gasteiger partial charge >= 0.3 is 6.03 Å². The van der Waals surface area contributed by atoms with Crippen LogP contribution in [0.25, 0.3) is 10.6 Å². The lowest BCUT2D eigenvalue weighted by Gasteiger charge is -2.23. The molecule has 32 heavy (non-hydrogen) atoms. The van der Waals surface area contributed by atoms with E-state index in [-0.39, 0.29) is 11.8 Å². The zero-order chi connectivity index (χ0) is 23.1. The quantitative estimate of drug-likeness (QED) is 0.398. The minimum atomic E-state index is -0.729. The molecule has 3 amide bonds. The van der Waals surface area contributed by atoms with E-state index in [1.165, 1.54) is 11.3 Å². The summed E-state index contributed by atoms with van der Waals surface area (Å²) in [6.07, 6.45) is 1.58. The highest BCUT2D eigenvalue weighted by molar-refractivity contribution is 7.18. The van der Waals surface area contributed by atoms with Crippen molar-refractivity contribution in [1.29, 1.82) is 0 Å². The van der Waals surface area contributed by atoms with Crippen LogP contribution in [0.3, 0.4) is 0 Å². The highest BCUT2D eigenvalue weighted by atomic mass is 35.5. The highest BCUT2D eigenvalue weighted by Crippen LogP contribution is 2.28. The van der Waals surface area contributed by atoms with Crippen LogP contribution in [0.4, 0.5) is 15.6 Å². The molecule has 3 N–H and O–H groups in total. The van der Waals surface area contributed by atoms with Gasteiger partial charge < -0.3 is 10.6 Å². The fourth-order valence-corrected chi connectivity index (χ4v) is 4.01. The lowest BCUT2D eigenvalue weighted by atomic mass is 9.98. The van der Waals surface area contributed by atoms with Crippen molar-refractivity contribution in [2.75, 3.05) is 10.6 Å². The van der Waals surface area contributed by atoms with Crippen LogP contribution < -0.4 is 16.0 Å². The van der Waals surface area contributed by atoms with Crippen molar-refractivity contribution in [1.82, 2.24) is 15.5 Å². The number of benzene rings is 2. The molecule has 1 heterocycles. The van der Waals surface area contributed by atoms with Crippen molar-refractivity contribution >= 4 is 45.7 Å². The number of halogens is 1. The van der Waals surface area contributed by atoms with Crippen LogP contribution in [0, 0.1) is 5.92 Å². The Kier molecular flexibility index (Phi) is 8.19. The number of anilines is 2. The molecule has 7 nitrogen and oxygen atoms in total. The zero-order valence-corrected chi connectivity index (χ0v) is 19.8. The summed E-state index contributed by atoms with van der Waals surface area (Å²) in [5.41, 5.74) is 2.62. The second-order valence-electron chi connectivity index (χ2n) is 7.43. The number of hydrogen-bond donors (Lipinski definition) is 3. The molecule has 168 valence electrons. The van der Waals surface area contributed by atoms with Gasteiger partial charge in [0.1, 0.15) is 11.0 Å². The Balaban J connectivity index is 1.67. The third-order valence-electron chi connectivity index (χ3n) is 5.10. The van der Waals surface area contributed by atoms with Gasteiger partial charge in [-0.15, -0.1) is 10.2 Å². The van der Waals surface area contributed by atoms with Gasteiger partial charge in [-0.3, -0.25) is 10.1 Å². The predicted molar refractivity (Wildman–Crippen MR) is 130 cm³/mol. The number of aryl methyl sites for hydroxylation is 1. The summed E-state index contributed by atoms with van der Waals surface area (Å²) in [6, 6.07) is 13.7. The van der Waals surface area contributed by atoms with Crippen molar-refractivity contribution in [3.05, 3.63) is 59.1 Å². The van der Waals surface area contributed by atoms with Gasteiger partial charge in [0.05, 0.1) is 0 Å². The third kappa shape index (κ3) is 6.27. The molecule has 0 saturated carbocycles. The van der Waals surface area contributed by atoms with E-state index >= 15 is 0 Å². The number of nitrogens with one attached hydrogen (secondary N) is 3. The summed E-state index contributed by atoms with van der Waals surface area (Å²) in [6.45, 7) is 5.94. The molecule has 0 radical (unpaired) electrons. The monoisotopic (exact) mass is 471 g/mol. The molecule has 0 bridgehead atoms. The minimum Gasteiger partial charge on any atom is -0.326 e. The normalized spacial score (nSPS) is 12.6. The molecule has 1 aromatic heterocycles. The number of nitrogens with zero attached hydrogens (tertiary/aromatic N) is 2. The summed E-state index contributed by atoms with van der Waals surface area (Å²) < 4.78 is 0. The lowest BCUT2D eigenvalue weighted by Crippen LogP contribution is -2.49. The second kappa shape index (κ2) is 11.1. The number of urea groups is 1. The molecule has 2 unspecified atom stereocenters. The standard InChI is InChI=1S/C23H26ClN5O2S/c1-4-14(3)19(26-22(31)25-18-11-6-8-15(5-2)12-18)20(30)27-23-29-28-21(32-23)16-9-7-10-17(24)13-16/h6-14,19H,4-5H2,1-3H3,(H2,25,26,31)(H,27,29,30). The predicted octanol–water partition coefficient (Wildman–Crippen LogP) is 5.60. The number of carbonyl (C=O) groups is 2. The van der Waals surface area contributed by atoms with E-state index < -0.39 is 12.1 Å². The molecule has 0 aliphatic carbocycles. The first-order valence-corrected chi connectivity index (χ1v) is 11.7. The summed E-state index contributed by atoms with van der Waals surface area (Å²) in [7, 11) is 0. The fourth-order valence-electron chi connectivity index (χ4n) is 3.07. The van der Waals surface area contributed by atoms with Crippen molar-refractivity contribution < 1.29 is 9.59 Å². The Morgan fingerprint density at radius 1 is 1.06 bits per heavy atom. The molecule has 0 fully saturated rings. The van der Waals surface area contributed by atoms with Crippen LogP contribution in [0.5, 0.6) is 0 Å². The van der Waals surface area contributed by atoms with Gasteiger partial charge in [-0.2, -0.15) is 0 Å². The minimum absolute atomic E-state index is 0.0805. The zero-order valence-electron chi connectivity index (χ0n) is 18.2. The van der Waals surface area contributed by atoms with Gasteiger partial charge in [0.15, 0.2) is 0 Å². The average Bonchev–Trinajstić information content (AvgIpc) is 3.25. The molecule has 0 spiro atoms. The van der Waals surface area contributed by atoms with E-state index in [0.717, 1.165) is 17.5 Å². The van der Waals surface area contributed by atoms with Crippen LogP contribution in [0.2, 0.25) is 5.02 Å². The Morgan fingerprint density at radius 3 is 2.56 bits per heavy atom. The Morgan fingerprint density at radius 2 is 1.84 bits per heavy atom. The summed E-state index contributed by atoms with van der Waals surface area (Å²) in [5.74, 6) is -0.423. The SMILES string of the molecule is CCc1cccc(NC(=O)NC(C(=O)Nc2nnc(-c3cccc(Cl)c3)s2)C(C)CC)c1. The van der Waals surface area contributed by atoms with Crippen LogP contribution in [0.15, 0.2) is 48.5 Å². The molecule has 3 rings (SSSR count).